The zero-order chi connectivity index (χ0) is 24.4. The van der Waals surface area contributed by atoms with E-state index in [-0.39, 0.29) is 22.5 Å². The molecule has 178 valence electrons. The largest absolute Gasteiger partial charge is 0.339 e. The molecular formula is C25H20ClN3O3S3. The molecule has 1 amide bonds. The monoisotopic (exact) mass is 541 g/mol. The molecule has 0 aliphatic carbocycles. The summed E-state index contributed by atoms with van der Waals surface area (Å²) in [5.41, 5.74) is 2.00. The first-order valence-corrected chi connectivity index (χ1v) is 14.0. The zero-order valence-corrected chi connectivity index (χ0v) is 21.6. The summed E-state index contributed by atoms with van der Waals surface area (Å²) in [5.74, 6) is 0.319. The van der Waals surface area contributed by atoms with Gasteiger partial charge in [-0.05, 0) is 47.9 Å². The fourth-order valence-corrected chi connectivity index (χ4v) is 6.68. The maximum Gasteiger partial charge on any atom is 0.288 e. The second-order valence-electron chi connectivity index (χ2n) is 8.11. The Labute approximate surface area is 219 Å². The lowest BCUT2D eigenvalue weighted by Gasteiger charge is -2.31. The van der Waals surface area contributed by atoms with E-state index in [4.69, 9.17) is 16.6 Å². The van der Waals surface area contributed by atoms with E-state index in [1.807, 2.05) is 51.4 Å². The van der Waals surface area contributed by atoms with Crippen LogP contribution >= 0.6 is 45.6 Å². The predicted octanol–water partition coefficient (Wildman–Crippen LogP) is 7.44. The van der Waals surface area contributed by atoms with Crippen LogP contribution in [0.3, 0.4) is 0 Å². The highest BCUT2D eigenvalue weighted by Crippen LogP contribution is 2.36. The van der Waals surface area contributed by atoms with Gasteiger partial charge in [0.1, 0.15) is 5.02 Å². The van der Waals surface area contributed by atoms with Crippen molar-refractivity contribution in [1.29, 1.82) is 0 Å². The minimum Gasteiger partial charge on any atom is -0.339 e. The van der Waals surface area contributed by atoms with Crippen LogP contribution in [-0.2, 0) is 4.79 Å². The third-order valence-corrected chi connectivity index (χ3v) is 8.99. The summed E-state index contributed by atoms with van der Waals surface area (Å²) in [5, 5.41) is 18.3. The van der Waals surface area contributed by atoms with E-state index >= 15 is 0 Å². The summed E-state index contributed by atoms with van der Waals surface area (Å²) in [6.07, 6.45) is 3.65. The topological polar surface area (TPSA) is 76.3 Å². The molecule has 0 N–H and O–H groups in total. The third-order valence-electron chi connectivity index (χ3n) is 5.94. The van der Waals surface area contributed by atoms with Crippen LogP contribution in [0.2, 0.25) is 5.02 Å². The maximum absolute atomic E-state index is 13.5. The lowest BCUT2D eigenvalue weighted by molar-refractivity contribution is -0.384. The van der Waals surface area contributed by atoms with Crippen LogP contribution < -0.4 is 0 Å². The Morgan fingerprint density at radius 1 is 1.11 bits per heavy atom. The molecule has 3 aromatic heterocycles. The van der Waals surface area contributed by atoms with Gasteiger partial charge in [0.25, 0.3) is 11.6 Å². The highest BCUT2D eigenvalue weighted by molar-refractivity contribution is 7.12. The molecule has 0 bridgehead atoms. The van der Waals surface area contributed by atoms with Gasteiger partial charge in [0, 0.05) is 45.8 Å². The second kappa shape index (κ2) is 10.4. The van der Waals surface area contributed by atoms with Crippen molar-refractivity contribution < 1.29 is 9.72 Å². The lowest BCUT2D eigenvalue weighted by Crippen LogP contribution is -2.38. The van der Waals surface area contributed by atoms with Crippen molar-refractivity contribution in [2.75, 3.05) is 13.1 Å². The number of hydrogen-bond acceptors (Lipinski definition) is 7. The van der Waals surface area contributed by atoms with E-state index in [1.54, 1.807) is 40.1 Å². The van der Waals surface area contributed by atoms with Gasteiger partial charge in [0.2, 0.25) is 0 Å². The quantitative estimate of drug-likeness (QED) is 0.144. The Bertz CT molecular complexity index is 1370. The Kier molecular flexibility index (Phi) is 7.10. The number of thiazole rings is 1. The third kappa shape index (κ3) is 5.23. The number of piperidine rings is 1. The highest BCUT2D eigenvalue weighted by atomic mass is 35.5. The van der Waals surface area contributed by atoms with E-state index in [1.165, 1.54) is 12.1 Å². The molecule has 1 aliphatic heterocycles. The Morgan fingerprint density at radius 2 is 1.89 bits per heavy atom. The van der Waals surface area contributed by atoms with E-state index in [0.717, 1.165) is 33.2 Å². The van der Waals surface area contributed by atoms with E-state index in [2.05, 4.69) is 0 Å². The van der Waals surface area contributed by atoms with Gasteiger partial charge >= 0.3 is 0 Å². The van der Waals surface area contributed by atoms with Crippen LogP contribution in [-0.4, -0.2) is 33.8 Å². The summed E-state index contributed by atoms with van der Waals surface area (Å²) in [6, 6.07) is 12.7. The minimum absolute atomic E-state index is 0.0626. The van der Waals surface area contributed by atoms with Crippen molar-refractivity contribution in [3.05, 3.63) is 88.5 Å². The Hall–Kier alpha value is -2.85. The van der Waals surface area contributed by atoms with E-state index in [9.17, 15) is 14.9 Å². The molecular weight excluding hydrogens is 522 g/mol. The van der Waals surface area contributed by atoms with Crippen LogP contribution in [0, 0.1) is 10.1 Å². The van der Waals surface area contributed by atoms with Gasteiger partial charge in [-0.2, -0.15) is 0 Å². The minimum atomic E-state index is -0.483. The molecule has 0 atom stereocenters. The number of likely N-dealkylation sites (tertiary alicyclic amines) is 1. The van der Waals surface area contributed by atoms with Crippen LogP contribution in [0.15, 0.2) is 58.6 Å². The smallest absolute Gasteiger partial charge is 0.288 e. The molecule has 0 saturated carbocycles. The van der Waals surface area contributed by atoms with Gasteiger partial charge in [-0.25, -0.2) is 4.98 Å². The van der Waals surface area contributed by atoms with Gasteiger partial charge < -0.3 is 4.90 Å². The van der Waals surface area contributed by atoms with Crippen molar-refractivity contribution in [1.82, 2.24) is 9.88 Å². The highest BCUT2D eigenvalue weighted by Gasteiger charge is 2.28. The number of carbonyl (C=O) groups is 1. The van der Waals surface area contributed by atoms with Crippen molar-refractivity contribution in [3.63, 3.8) is 0 Å². The summed E-state index contributed by atoms with van der Waals surface area (Å²) in [4.78, 5) is 33.0. The number of thiophene rings is 2. The number of aromatic nitrogens is 1. The van der Waals surface area contributed by atoms with Crippen LogP contribution in [0.4, 0.5) is 5.69 Å². The Balaban J connectivity index is 1.29. The number of amides is 1. The number of rotatable bonds is 6. The molecule has 0 unspecified atom stereocenters. The fourth-order valence-electron chi connectivity index (χ4n) is 4.11. The fraction of sp³-hybridized carbons (Fsp3) is 0.200. The number of nitro groups is 1. The van der Waals surface area contributed by atoms with Gasteiger partial charge in [-0.3, -0.25) is 14.9 Å². The van der Waals surface area contributed by atoms with Gasteiger partial charge in [-0.15, -0.1) is 34.0 Å². The summed E-state index contributed by atoms with van der Waals surface area (Å²) in [6.45, 7) is 1.33. The summed E-state index contributed by atoms with van der Waals surface area (Å²) in [7, 11) is 0. The normalized spacial score (nSPS) is 14.9. The molecule has 5 rings (SSSR count). The Morgan fingerprint density at radius 3 is 2.57 bits per heavy atom. The number of nitrogens with zero attached hydrogens (tertiary/aromatic N) is 3. The molecule has 6 nitrogen and oxygen atoms in total. The predicted molar refractivity (Wildman–Crippen MR) is 144 cm³/mol. The first kappa shape index (κ1) is 23.9. The first-order valence-electron chi connectivity index (χ1n) is 11.0. The average molecular weight is 542 g/mol. The first-order chi connectivity index (χ1) is 17.0. The van der Waals surface area contributed by atoms with Crippen LogP contribution in [0.25, 0.3) is 22.9 Å². The number of hydrogen-bond donors (Lipinski definition) is 0. The molecule has 1 fully saturated rings. The van der Waals surface area contributed by atoms with E-state index in [0.29, 0.717) is 24.3 Å². The van der Waals surface area contributed by atoms with Crippen LogP contribution in [0.5, 0.6) is 0 Å². The molecule has 10 heteroatoms. The second-order valence-corrected chi connectivity index (χ2v) is 11.3. The van der Waals surface area contributed by atoms with Crippen LogP contribution in [0.1, 0.15) is 33.5 Å². The molecule has 1 aromatic carbocycles. The van der Waals surface area contributed by atoms with Crippen molar-refractivity contribution >= 4 is 68.9 Å². The van der Waals surface area contributed by atoms with Gasteiger partial charge in [0.15, 0.2) is 0 Å². The van der Waals surface area contributed by atoms with E-state index < -0.39 is 4.92 Å². The lowest BCUT2D eigenvalue weighted by atomic mass is 9.96. The number of nitro benzene ring substituents is 1. The molecule has 1 aliphatic rings. The molecule has 0 radical (unpaired) electrons. The van der Waals surface area contributed by atoms with Gasteiger partial charge in [-0.1, -0.05) is 29.8 Å². The SMILES string of the molecule is O=C(C(=Cc1cccs1)c1cccs1)N1CCC(c2nc(-c3ccc(Cl)c([N+](=O)[O-])c3)cs2)CC1. The summed E-state index contributed by atoms with van der Waals surface area (Å²) >= 11 is 10.7. The molecule has 4 aromatic rings. The molecule has 4 heterocycles. The molecule has 35 heavy (non-hydrogen) atoms. The molecule has 0 spiro atoms. The maximum atomic E-state index is 13.5. The molecule has 1 saturated heterocycles. The number of carbonyl (C=O) groups excluding carboxylic acids is 1. The average Bonchev–Trinajstić information content (AvgIpc) is 3.65. The van der Waals surface area contributed by atoms with Crippen molar-refractivity contribution in [2.45, 2.75) is 18.8 Å². The number of benzene rings is 1. The van der Waals surface area contributed by atoms with Crippen molar-refractivity contribution in [2.24, 2.45) is 0 Å². The zero-order valence-electron chi connectivity index (χ0n) is 18.4. The number of halogens is 1. The summed E-state index contributed by atoms with van der Waals surface area (Å²) < 4.78 is 0. The standard InChI is InChI=1S/C25H20ClN3O3S3/c26-20-6-5-17(13-22(20)29(31)32)21-15-35-24(27-21)16-7-9-28(10-8-16)25(30)19(23-4-2-12-34-23)14-18-3-1-11-33-18/h1-6,11-16H,7-10H2. The van der Waals surface area contributed by atoms with Crippen molar-refractivity contribution in [3.8, 4) is 11.3 Å². The van der Waals surface area contributed by atoms with Gasteiger partial charge in [0.05, 0.1) is 21.2 Å².